The normalized spacial score (nSPS) is 20.8. The number of hydroxylamine groups is 2. The molecular formula is C68H68FN5O14. The van der Waals surface area contributed by atoms with Gasteiger partial charge in [0.1, 0.15) is 31.3 Å². The lowest BCUT2D eigenvalue weighted by molar-refractivity contribution is -0.150. The van der Waals surface area contributed by atoms with Crippen LogP contribution < -0.4 is 30.9 Å². The Morgan fingerprint density at radius 1 is 0.580 bits per heavy atom. The number of hydrogen-bond acceptors (Lipinski definition) is 14. The van der Waals surface area contributed by atoms with Crippen LogP contribution in [-0.2, 0) is 72.6 Å². The lowest BCUT2D eigenvalue weighted by atomic mass is 9.88. The first-order chi connectivity index (χ1) is 42.1. The average molecular weight is 1200 g/mol. The molecule has 6 atom stereocenters. The van der Waals surface area contributed by atoms with Crippen molar-refractivity contribution in [2.45, 2.75) is 79.6 Å². The molecule has 0 saturated heterocycles. The summed E-state index contributed by atoms with van der Waals surface area (Å²) in [6, 6.07) is 48.4. The van der Waals surface area contributed by atoms with Crippen LogP contribution in [0.25, 0.3) is 21.8 Å². The number of nitrogens with one attached hydrogen (secondary N) is 2. The summed E-state index contributed by atoms with van der Waals surface area (Å²) in [5.74, 6) is -5.75. The van der Waals surface area contributed by atoms with E-state index in [1.807, 2.05) is 143 Å². The zero-order valence-electron chi connectivity index (χ0n) is 49.1. The van der Waals surface area contributed by atoms with E-state index in [1.54, 1.807) is 41.3 Å². The number of amides is 3. The predicted octanol–water partition coefficient (Wildman–Crippen LogP) is 9.77. The lowest BCUT2D eigenvalue weighted by Gasteiger charge is -2.18. The van der Waals surface area contributed by atoms with E-state index in [2.05, 4.69) is 9.97 Å². The number of carbonyl (C=O) groups is 6. The smallest absolute Gasteiger partial charge is 0.313 e. The molecule has 0 radical (unpaired) electrons. The van der Waals surface area contributed by atoms with Gasteiger partial charge in [0.25, 0.3) is 0 Å². The Hall–Kier alpha value is -9.79. The van der Waals surface area contributed by atoms with Crippen LogP contribution in [0, 0.1) is 59.1 Å². The third-order valence-electron chi connectivity index (χ3n) is 17.2. The number of pyridine rings is 2. The summed E-state index contributed by atoms with van der Waals surface area (Å²) in [4.78, 5) is 80.0. The summed E-state index contributed by atoms with van der Waals surface area (Å²) in [6.07, 6.45) is 1.04. The fourth-order valence-electron chi connectivity index (χ4n) is 12.2. The Bertz CT molecular complexity index is 3920. The first-order valence-electron chi connectivity index (χ1n) is 28.4. The number of aromatic nitrogens is 2. The summed E-state index contributed by atoms with van der Waals surface area (Å²) >= 11 is 0. The van der Waals surface area contributed by atoms with Crippen molar-refractivity contribution in [3.8, 4) is 17.2 Å². The van der Waals surface area contributed by atoms with Crippen molar-refractivity contribution < 1.29 is 72.7 Å². The highest BCUT2D eigenvalue weighted by Gasteiger charge is 2.79. The molecule has 88 heavy (non-hydrogen) atoms. The van der Waals surface area contributed by atoms with Gasteiger partial charge in [-0.15, -0.1) is 0 Å². The van der Waals surface area contributed by atoms with Crippen LogP contribution in [0.1, 0.15) is 71.5 Å². The van der Waals surface area contributed by atoms with Gasteiger partial charge < -0.3 is 34.9 Å². The van der Waals surface area contributed by atoms with Crippen LogP contribution in [-0.4, -0.2) is 73.3 Å². The van der Waals surface area contributed by atoms with E-state index in [4.69, 9.17) is 40.2 Å². The van der Waals surface area contributed by atoms with Crippen molar-refractivity contribution in [3.05, 3.63) is 208 Å². The topological polar surface area (TPSA) is 296 Å². The highest BCUT2D eigenvalue weighted by atomic mass is 19.1. The fourth-order valence-corrected chi connectivity index (χ4v) is 12.2. The van der Waals surface area contributed by atoms with E-state index in [0.717, 1.165) is 61.0 Å². The molecule has 0 aliphatic heterocycles. The molecule has 0 spiro atoms. The molecule has 3 saturated carbocycles. The minimum Gasteiger partial charge on any atom is -0.489 e. The number of rotatable bonds is 21. The summed E-state index contributed by atoms with van der Waals surface area (Å²) < 4.78 is 37.2. The van der Waals surface area contributed by atoms with Crippen LogP contribution in [0.4, 0.5) is 4.39 Å². The monoisotopic (exact) mass is 1200 g/mol. The summed E-state index contributed by atoms with van der Waals surface area (Å²) in [5.41, 5.74) is 13.5. The molecule has 19 nitrogen and oxygen atoms in total. The summed E-state index contributed by atoms with van der Waals surface area (Å²) in [6.45, 7) is 8.56. The van der Waals surface area contributed by atoms with Crippen molar-refractivity contribution >= 4 is 57.4 Å². The number of para-hydroxylation sites is 2. The van der Waals surface area contributed by atoms with E-state index in [1.165, 1.54) is 19.2 Å². The molecule has 2 heterocycles. The van der Waals surface area contributed by atoms with Crippen molar-refractivity contribution in [3.63, 3.8) is 0 Å². The number of carboxylic acid groups (broad SMARTS) is 2. The molecule has 3 amide bonds. The van der Waals surface area contributed by atoms with Gasteiger partial charge in [0, 0.05) is 33.3 Å². The number of carbonyl (C=O) groups excluding carboxylic acids is 4. The van der Waals surface area contributed by atoms with Gasteiger partial charge in [-0.1, -0.05) is 111 Å². The maximum absolute atomic E-state index is 14.7. The number of fused-ring (bicyclic) bond motifs is 2. The first-order valence-corrected chi connectivity index (χ1v) is 28.4. The van der Waals surface area contributed by atoms with Gasteiger partial charge in [-0.2, -0.15) is 0 Å². The van der Waals surface area contributed by atoms with Gasteiger partial charge in [-0.3, -0.25) is 49.1 Å². The van der Waals surface area contributed by atoms with Crippen molar-refractivity contribution in [2.24, 2.45) is 45.1 Å². The average Bonchev–Trinajstić information content (AvgIpc) is 1.51. The molecule has 8 N–H and O–H groups in total. The SMILES string of the molecule is COC(=O)[C@]1(Cc2ccc(OCc3cc(C)nc4ccccc34)cc2)[C@H](C(=O)NO)C1(C)C.Cc1cc(COc2ccc(C[C@]3(C(N)=O)C[C@@H]3C(=O)NO)cc2F)c2ccccc2n1.O=C(O)[C@H]1C[C@]1(Cc1ccc(OCc2ccccc2)cc1)C(=O)O. The highest BCUT2D eigenvalue weighted by molar-refractivity contribution is 5.96. The molecule has 456 valence electrons. The van der Waals surface area contributed by atoms with Crippen LogP contribution in [0.3, 0.4) is 0 Å². The number of methoxy groups -OCH3 is 1. The molecule has 0 bridgehead atoms. The quantitative estimate of drug-likeness (QED) is 0.0200. The number of benzene rings is 6. The molecule has 3 aliphatic carbocycles. The zero-order valence-corrected chi connectivity index (χ0v) is 49.1. The Kier molecular flexibility index (Phi) is 18.6. The van der Waals surface area contributed by atoms with Gasteiger partial charge in [-0.05, 0) is 134 Å². The molecule has 8 aromatic rings. The van der Waals surface area contributed by atoms with E-state index in [-0.39, 0.29) is 38.0 Å². The molecule has 20 heteroatoms. The van der Waals surface area contributed by atoms with Crippen molar-refractivity contribution in [2.75, 3.05) is 7.11 Å². The molecule has 0 unspecified atom stereocenters. The zero-order chi connectivity index (χ0) is 63.1. The van der Waals surface area contributed by atoms with Gasteiger partial charge in [0.05, 0.1) is 52.1 Å². The maximum Gasteiger partial charge on any atom is 0.313 e. The summed E-state index contributed by atoms with van der Waals surface area (Å²) in [5, 5.41) is 38.4. The van der Waals surface area contributed by atoms with Crippen molar-refractivity contribution in [1.29, 1.82) is 0 Å². The second-order valence-electron chi connectivity index (χ2n) is 23.2. The Morgan fingerprint density at radius 2 is 1.07 bits per heavy atom. The number of esters is 1. The summed E-state index contributed by atoms with van der Waals surface area (Å²) in [7, 11) is 1.31. The van der Waals surface area contributed by atoms with Gasteiger partial charge in [0.2, 0.25) is 17.7 Å². The maximum atomic E-state index is 14.7. The predicted molar refractivity (Wildman–Crippen MR) is 320 cm³/mol. The molecule has 3 aliphatic rings. The van der Waals surface area contributed by atoms with Crippen LogP contribution in [0.5, 0.6) is 17.2 Å². The van der Waals surface area contributed by atoms with Gasteiger partial charge >= 0.3 is 17.9 Å². The number of hydrogen-bond donors (Lipinski definition) is 7. The number of aryl methyl sites for hydroxylation is 2. The fraction of sp³-hybridized carbons (Fsp3) is 0.294. The molecule has 11 rings (SSSR count). The number of primary amides is 1. The van der Waals surface area contributed by atoms with Crippen molar-refractivity contribution in [1.82, 2.24) is 20.9 Å². The van der Waals surface area contributed by atoms with E-state index in [9.17, 15) is 38.3 Å². The van der Waals surface area contributed by atoms with E-state index >= 15 is 0 Å². The number of halogens is 1. The standard InChI is InChI=1S/C26H28N2O5.C23H22FN3O4.C19H18O5/c1-16-13-18(20-7-5-6-8-21(20)27-16)15-33-19-11-9-17(10-12-19)14-26(24(30)32-4)22(23(29)28-31)25(26,2)3;1-13-8-15(16-4-2-3-5-19(16)26-13)12-31-20-7-6-14(9-18(20)24)10-23(22(25)29)11-17(23)21(28)27-30;20-17(21)16-11-19(16,18(22)23)10-13-6-8-15(9-7-13)24-12-14-4-2-1-3-5-14/h5-13,22,31H,14-15H2,1-4H3,(H,28,29);2-9,17,30H,10-12H2,1H3,(H2,25,29)(H,27,28);1-9,16H,10-12H2,(H,20,21)(H,22,23)/t22-,26+;17-,23+;16-,19+/m111/s1. The molecule has 3 fully saturated rings. The Labute approximate surface area is 506 Å². The van der Waals surface area contributed by atoms with E-state index < -0.39 is 80.9 Å². The Balaban J connectivity index is 0.000000159. The van der Waals surface area contributed by atoms with Gasteiger partial charge in [-0.25, -0.2) is 15.4 Å². The van der Waals surface area contributed by atoms with Crippen LogP contribution in [0.2, 0.25) is 0 Å². The second-order valence-corrected chi connectivity index (χ2v) is 23.2. The minimum absolute atomic E-state index is 0.0795. The number of carboxylic acids is 2. The van der Waals surface area contributed by atoms with Crippen LogP contribution in [0.15, 0.2) is 158 Å². The van der Waals surface area contributed by atoms with E-state index in [0.29, 0.717) is 36.7 Å². The first kappa shape index (κ1) is 62.7. The lowest BCUT2D eigenvalue weighted by Crippen LogP contribution is -2.33. The van der Waals surface area contributed by atoms with Crippen LogP contribution >= 0.6 is 0 Å². The number of ether oxygens (including phenoxy) is 4. The Morgan fingerprint density at radius 3 is 1.57 bits per heavy atom. The number of nitrogens with zero attached hydrogens (tertiary/aromatic N) is 2. The largest absolute Gasteiger partial charge is 0.489 e. The number of nitrogens with two attached hydrogens (primary N) is 1. The second kappa shape index (κ2) is 26.0. The van der Waals surface area contributed by atoms with Gasteiger partial charge in [0.15, 0.2) is 11.6 Å². The third-order valence-corrected chi connectivity index (χ3v) is 17.2. The molecular weight excluding hydrogens is 1130 g/mol. The highest BCUT2D eigenvalue weighted by Crippen LogP contribution is 2.71. The third kappa shape index (κ3) is 13.3. The minimum atomic E-state index is -1.17. The molecule has 2 aromatic heterocycles. The number of aliphatic carboxylic acids is 2. The molecule has 6 aromatic carbocycles.